The Balaban J connectivity index is 1.74. The Bertz CT molecular complexity index is 1370. The number of aliphatic hydroxyl groups is 1. The molecule has 1 aliphatic rings. The fraction of sp³-hybridized carbons (Fsp3) is 0.333. The van der Waals surface area contributed by atoms with Gasteiger partial charge in [-0.2, -0.15) is 4.31 Å². The van der Waals surface area contributed by atoms with Crippen molar-refractivity contribution >= 4 is 15.9 Å². The van der Waals surface area contributed by atoms with E-state index >= 15 is 0 Å². The predicted octanol–water partition coefficient (Wildman–Crippen LogP) is 3.43. The molecule has 0 spiro atoms. The summed E-state index contributed by atoms with van der Waals surface area (Å²) in [6.45, 7) is 3.35. The number of aliphatic hydroxyl groups excluding tert-OH is 1. The number of likely N-dealkylation sites (N-methyl/N-ethyl adjacent to an activating group) is 1. The van der Waals surface area contributed by atoms with Crippen LogP contribution in [0.2, 0.25) is 0 Å². The highest BCUT2D eigenvalue weighted by Crippen LogP contribution is 2.36. The lowest BCUT2D eigenvalue weighted by atomic mass is 10.0. The summed E-state index contributed by atoms with van der Waals surface area (Å²) >= 11 is 0. The highest BCUT2D eigenvalue weighted by atomic mass is 32.2. The van der Waals surface area contributed by atoms with Crippen molar-refractivity contribution < 1.29 is 27.4 Å². The van der Waals surface area contributed by atoms with Crippen molar-refractivity contribution in [3.8, 4) is 16.9 Å². The molecule has 8 nitrogen and oxygen atoms in total. The van der Waals surface area contributed by atoms with Gasteiger partial charge in [-0.3, -0.25) is 9.78 Å². The molecule has 4 rings (SSSR count). The van der Waals surface area contributed by atoms with Crippen molar-refractivity contribution in [1.82, 2.24) is 14.2 Å². The van der Waals surface area contributed by atoms with Gasteiger partial charge in [-0.15, -0.1) is 0 Å². The number of fused-ring (bicyclic) bond motifs is 1. The van der Waals surface area contributed by atoms with Gasteiger partial charge >= 0.3 is 0 Å². The molecule has 0 saturated heterocycles. The van der Waals surface area contributed by atoms with Crippen molar-refractivity contribution in [1.29, 1.82) is 0 Å². The van der Waals surface area contributed by atoms with Gasteiger partial charge in [-0.25, -0.2) is 12.8 Å². The molecule has 0 unspecified atom stereocenters. The molecule has 196 valence electrons. The normalized spacial score (nSPS) is 20.1. The van der Waals surface area contributed by atoms with Crippen LogP contribution in [0.15, 0.2) is 71.9 Å². The van der Waals surface area contributed by atoms with Gasteiger partial charge in [-0.1, -0.05) is 25.1 Å². The Hall–Kier alpha value is -3.34. The van der Waals surface area contributed by atoms with Crippen LogP contribution < -0.4 is 4.74 Å². The fourth-order valence-corrected chi connectivity index (χ4v) is 6.18. The van der Waals surface area contributed by atoms with Crippen molar-refractivity contribution in [2.45, 2.75) is 30.9 Å². The SMILES string of the molecule is C[C@@H]1CN([C@H](C)CO)S(=O)(=O)c2ccc(-c3cccnc3)cc2O[C@H]1CN(C)C(=O)c1cccc(F)c1. The van der Waals surface area contributed by atoms with Crippen LogP contribution in [0.5, 0.6) is 5.75 Å². The molecule has 0 saturated carbocycles. The number of carbonyl (C=O) groups is 1. The largest absolute Gasteiger partial charge is 0.487 e. The Morgan fingerprint density at radius 2 is 2.00 bits per heavy atom. The molecule has 1 aromatic heterocycles. The van der Waals surface area contributed by atoms with Crippen molar-refractivity contribution in [2.75, 3.05) is 26.7 Å². The van der Waals surface area contributed by atoms with Gasteiger partial charge in [0.15, 0.2) is 0 Å². The van der Waals surface area contributed by atoms with Gasteiger partial charge in [0.1, 0.15) is 22.6 Å². The standard InChI is InChI=1S/C27H30FN3O5S/c1-18-15-31(19(2)17-32)37(34,35)26-10-9-20(22-7-5-11-29-14-22)13-24(26)36-25(18)16-30(3)27(33)21-6-4-8-23(28)12-21/h4-14,18-19,25,32H,15-17H2,1-3H3/t18-,19-,25+/m1/s1. The molecule has 10 heteroatoms. The van der Waals surface area contributed by atoms with Crippen molar-refractivity contribution in [3.05, 3.63) is 78.4 Å². The molecule has 3 atom stereocenters. The average Bonchev–Trinajstić information content (AvgIpc) is 2.90. The van der Waals surface area contributed by atoms with Crippen LogP contribution in [0.3, 0.4) is 0 Å². The summed E-state index contributed by atoms with van der Waals surface area (Å²) in [5.74, 6) is -1.08. The van der Waals surface area contributed by atoms with Gasteiger partial charge in [0, 0.05) is 49.1 Å². The molecule has 0 radical (unpaired) electrons. The number of hydrogen-bond donors (Lipinski definition) is 1. The number of halogens is 1. The molecule has 1 N–H and O–H groups in total. The average molecular weight is 528 g/mol. The van der Waals surface area contributed by atoms with E-state index in [9.17, 15) is 22.7 Å². The Kier molecular flexibility index (Phi) is 7.91. The van der Waals surface area contributed by atoms with E-state index < -0.39 is 28.0 Å². The van der Waals surface area contributed by atoms with E-state index in [0.29, 0.717) is 0 Å². The van der Waals surface area contributed by atoms with E-state index in [1.165, 1.54) is 39.5 Å². The molecule has 1 aliphatic heterocycles. The molecular weight excluding hydrogens is 497 g/mol. The lowest BCUT2D eigenvalue weighted by Crippen LogP contribution is -2.50. The molecule has 0 bridgehead atoms. The Morgan fingerprint density at radius 3 is 2.68 bits per heavy atom. The molecule has 1 amide bonds. The second-order valence-corrected chi connectivity index (χ2v) is 11.2. The van der Waals surface area contributed by atoms with Crippen LogP contribution in [-0.4, -0.2) is 72.5 Å². The Morgan fingerprint density at radius 1 is 1.22 bits per heavy atom. The highest BCUT2D eigenvalue weighted by Gasteiger charge is 2.38. The van der Waals surface area contributed by atoms with Gasteiger partial charge in [0.05, 0.1) is 13.2 Å². The first-order valence-corrected chi connectivity index (χ1v) is 13.4. The molecule has 2 aromatic carbocycles. The second-order valence-electron chi connectivity index (χ2n) is 9.34. The van der Waals surface area contributed by atoms with E-state index in [1.807, 2.05) is 13.0 Å². The lowest BCUT2D eigenvalue weighted by molar-refractivity contribution is 0.0563. The molecule has 3 aromatic rings. The third-order valence-electron chi connectivity index (χ3n) is 6.53. The lowest BCUT2D eigenvalue weighted by Gasteiger charge is -2.37. The highest BCUT2D eigenvalue weighted by molar-refractivity contribution is 7.89. The number of ether oxygens (including phenoxy) is 1. The number of aromatic nitrogens is 1. The molecular formula is C27H30FN3O5S. The van der Waals surface area contributed by atoms with E-state index in [1.54, 1.807) is 44.6 Å². The number of benzene rings is 2. The maximum atomic E-state index is 13.7. The number of nitrogens with zero attached hydrogens (tertiary/aromatic N) is 3. The summed E-state index contributed by atoms with van der Waals surface area (Å²) in [5, 5.41) is 9.81. The monoisotopic (exact) mass is 527 g/mol. The van der Waals surface area contributed by atoms with E-state index in [0.717, 1.165) is 11.1 Å². The van der Waals surface area contributed by atoms with E-state index in [-0.39, 0.29) is 47.7 Å². The Labute approximate surface area is 216 Å². The minimum Gasteiger partial charge on any atom is -0.487 e. The summed E-state index contributed by atoms with van der Waals surface area (Å²) in [7, 11) is -2.39. The first-order chi connectivity index (χ1) is 17.6. The van der Waals surface area contributed by atoms with Crippen molar-refractivity contribution in [3.63, 3.8) is 0 Å². The van der Waals surface area contributed by atoms with Crippen LogP contribution in [-0.2, 0) is 10.0 Å². The van der Waals surface area contributed by atoms with Crippen LogP contribution in [0.1, 0.15) is 24.2 Å². The summed E-state index contributed by atoms with van der Waals surface area (Å²) < 4.78 is 48.6. The first-order valence-electron chi connectivity index (χ1n) is 12.0. The summed E-state index contributed by atoms with van der Waals surface area (Å²) in [4.78, 5) is 18.6. The maximum absolute atomic E-state index is 13.7. The van der Waals surface area contributed by atoms with Gasteiger partial charge in [0.25, 0.3) is 5.91 Å². The summed E-state index contributed by atoms with van der Waals surface area (Å²) in [6, 6.07) is 13.3. The topological polar surface area (TPSA) is 100 Å². The third kappa shape index (κ3) is 5.66. The number of hydrogen-bond acceptors (Lipinski definition) is 6. The van der Waals surface area contributed by atoms with Crippen LogP contribution in [0.25, 0.3) is 11.1 Å². The molecule has 2 heterocycles. The molecule has 0 fully saturated rings. The molecule has 0 aliphatic carbocycles. The smallest absolute Gasteiger partial charge is 0.253 e. The second kappa shape index (κ2) is 11.0. The number of carbonyl (C=O) groups excluding carboxylic acids is 1. The quantitative estimate of drug-likeness (QED) is 0.527. The number of amides is 1. The number of rotatable bonds is 6. The number of sulfonamides is 1. The minimum atomic E-state index is -3.99. The zero-order chi connectivity index (χ0) is 26.7. The van der Waals surface area contributed by atoms with E-state index in [2.05, 4.69) is 4.98 Å². The van der Waals surface area contributed by atoms with Crippen LogP contribution >= 0.6 is 0 Å². The van der Waals surface area contributed by atoms with Crippen molar-refractivity contribution in [2.24, 2.45) is 5.92 Å². The minimum absolute atomic E-state index is 0.0172. The van der Waals surface area contributed by atoms with Gasteiger partial charge in [-0.05, 0) is 48.9 Å². The maximum Gasteiger partial charge on any atom is 0.253 e. The zero-order valence-corrected chi connectivity index (χ0v) is 21.7. The van der Waals surface area contributed by atoms with Crippen LogP contribution in [0.4, 0.5) is 4.39 Å². The third-order valence-corrected chi connectivity index (χ3v) is 8.55. The van der Waals surface area contributed by atoms with Gasteiger partial charge in [0.2, 0.25) is 10.0 Å². The predicted molar refractivity (Wildman–Crippen MR) is 137 cm³/mol. The van der Waals surface area contributed by atoms with E-state index in [4.69, 9.17) is 4.74 Å². The summed E-state index contributed by atoms with van der Waals surface area (Å²) in [6.07, 6.45) is 2.73. The molecule has 37 heavy (non-hydrogen) atoms. The van der Waals surface area contributed by atoms with Gasteiger partial charge < -0.3 is 14.7 Å². The first kappa shape index (κ1) is 26.7. The summed E-state index contributed by atoms with van der Waals surface area (Å²) in [5.41, 5.74) is 1.72. The number of pyridine rings is 1. The van der Waals surface area contributed by atoms with Crippen LogP contribution in [0, 0.1) is 11.7 Å². The fourth-order valence-electron chi connectivity index (χ4n) is 4.35. The zero-order valence-electron chi connectivity index (χ0n) is 20.9.